The number of benzene rings is 1. The standard InChI is InChI=1S/C18H23N3O2/c1-2-21(13-15-7-3-4-11-23-15)18(22)20-17-8-5-6-14-12-19-10-9-16(14)17/h5-6,8-10,12,15H,2-4,7,11,13H2,1H3,(H,20,22). The van der Waals surface area contributed by atoms with Gasteiger partial charge in [0.1, 0.15) is 0 Å². The van der Waals surface area contributed by atoms with E-state index >= 15 is 0 Å². The number of carbonyl (C=O) groups is 1. The van der Waals surface area contributed by atoms with Crippen molar-refractivity contribution in [2.24, 2.45) is 0 Å². The van der Waals surface area contributed by atoms with Gasteiger partial charge in [-0.3, -0.25) is 4.98 Å². The van der Waals surface area contributed by atoms with E-state index in [2.05, 4.69) is 10.3 Å². The molecule has 23 heavy (non-hydrogen) atoms. The summed E-state index contributed by atoms with van der Waals surface area (Å²) in [5.41, 5.74) is 0.818. The fourth-order valence-corrected chi connectivity index (χ4v) is 2.98. The molecule has 122 valence electrons. The van der Waals surface area contributed by atoms with E-state index < -0.39 is 0 Å². The summed E-state index contributed by atoms with van der Waals surface area (Å²) >= 11 is 0. The van der Waals surface area contributed by atoms with Crippen molar-refractivity contribution in [2.45, 2.75) is 32.3 Å². The van der Waals surface area contributed by atoms with Gasteiger partial charge < -0.3 is 15.0 Å². The van der Waals surface area contributed by atoms with Crippen LogP contribution in [0.3, 0.4) is 0 Å². The molecule has 0 radical (unpaired) electrons. The van der Waals surface area contributed by atoms with Crippen LogP contribution < -0.4 is 5.32 Å². The van der Waals surface area contributed by atoms with E-state index in [0.717, 1.165) is 35.9 Å². The molecule has 1 aromatic carbocycles. The van der Waals surface area contributed by atoms with Crippen molar-refractivity contribution in [1.29, 1.82) is 0 Å². The Morgan fingerprint density at radius 1 is 1.39 bits per heavy atom. The molecule has 5 heteroatoms. The van der Waals surface area contributed by atoms with Gasteiger partial charge in [-0.05, 0) is 38.3 Å². The zero-order chi connectivity index (χ0) is 16.1. The maximum atomic E-state index is 12.6. The fraction of sp³-hybridized carbons (Fsp3) is 0.444. The molecule has 2 amide bonds. The molecule has 2 heterocycles. The first-order valence-electron chi connectivity index (χ1n) is 8.28. The zero-order valence-corrected chi connectivity index (χ0v) is 13.5. The lowest BCUT2D eigenvalue weighted by Gasteiger charge is -2.29. The van der Waals surface area contributed by atoms with E-state index in [9.17, 15) is 4.79 Å². The van der Waals surface area contributed by atoms with Gasteiger partial charge >= 0.3 is 6.03 Å². The highest BCUT2D eigenvalue weighted by Crippen LogP contribution is 2.22. The van der Waals surface area contributed by atoms with Crippen molar-refractivity contribution < 1.29 is 9.53 Å². The summed E-state index contributed by atoms with van der Waals surface area (Å²) in [4.78, 5) is 18.5. The number of nitrogens with one attached hydrogen (secondary N) is 1. The third-order valence-electron chi connectivity index (χ3n) is 4.29. The minimum absolute atomic E-state index is 0.0778. The van der Waals surface area contributed by atoms with Gasteiger partial charge in [-0.15, -0.1) is 0 Å². The lowest BCUT2D eigenvalue weighted by atomic mass is 10.1. The minimum Gasteiger partial charge on any atom is -0.376 e. The van der Waals surface area contributed by atoms with Gasteiger partial charge in [0.2, 0.25) is 0 Å². The molecule has 1 atom stereocenters. The van der Waals surface area contributed by atoms with Crippen molar-refractivity contribution in [1.82, 2.24) is 9.88 Å². The SMILES string of the molecule is CCN(CC1CCCCO1)C(=O)Nc1cccc2cnccc12. The highest BCUT2D eigenvalue weighted by atomic mass is 16.5. The number of ether oxygens (including phenoxy) is 1. The van der Waals surface area contributed by atoms with E-state index in [1.54, 1.807) is 12.4 Å². The third-order valence-corrected chi connectivity index (χ3v) is 4.29. The number of fused-ring (bicyclic) bond motifs is 1. The molecule has 1 aromatic heterocycles. The van der Waals surface area contributed by atoms with Gasteiger partial charge in [0.25, 0.3) is 0 Å². The molecule has 5 nitrogen and oxygen atoms in total. The Bertz CT molecular complexity index is 663. The summed E-state index contributed by atoms with van der Waals surface area (Å²) in [5, 5.41) is 5.05. The second-order valence-corrected chi connectivity index (χ2v) is 5.86. The minimum atomic E-state index is -0.0778. The van der Waals surface area contributed by atoms with E-state index in [0.29, 0.717) is 13.1 Å². The van der Waals surface area contributed by atoms with Crippen molar-refractivity contribution >= 4 is 22.5 Å². The highest BCUT2D eigenvalue weighted by molar-refractivity contribution is 6.01. The second kappa shape index (κ2) is 7.42. The molecule has 1 fully saturated rings. The van der Waals surface area contributed by atoms with Crippen LogP contribution in [-0.2, 0) is 4.74 Å². The van der Waals surface area contributed by atoms with Crippen molar-refractivity contribution in [2.75, 3.05) is 25.0 Å². The third kappa shape index (κ3) is 3.79. The first kappa shape index (κ1) is 15.7. The van der Waals surface area contributed by atoms with Crippen LogP contribution in [0.25, 0.3) is 10.8 Å². The molecule has 1 unspecified atom stereocenters. The summed E-state index contributed by atoms with van der Waals surface area (Å²) in [6, 6.07) is 7.69. The van der Waals surface area contributed by atoms with Crippen LogP contribution in [0.5, 0.6) is 0 Å². The highest BCUT2D eigenvalue weighted by Gasteiger charge is 2.20. The van der Waals surface area contributed by atoms with Crippen LogP contribution in [0, 0.1) is 0 Å². The fourth-order valence-electron chi connectivity index (χ4n) is 2.98. The number of hydrogen-bond acceptors (Lipinski definition) is 3. The Kier molecular flexibility index (Phi) is 5.08. The lowest BCUT2D eigenvalue weighted by Crippen LogP contribution is -2.41. The lowest BCUT2D eigenvalue weighted by molar-refractivity contribution is 0.00221. The number of rotatable bonds is 4. The molecule has 0 bridgehead atoms. The van der Waals surface area contributed by atoms with Crippen molar-refractivity contribution in [3.05, 3.63) is 36.7 Å². The smallest absolute Gasteiger partial charge is 0.321 e. The van der Waals surface area contributed by atoms with E-state index in [1.165, 1.54) is 6.42 Å². The van der Waals surface area contributed by atoms with Crippen molar-refractivity contribution in [3.8, 4) is 0 Å². The molecule has 0 saturated carbocycles. The second-order valence-electron chi connectivity index (χ2n) is 5.86. The molecule has 1 aliphatic rings. The number of aromatic nitrogens is 1. The number of amides is 2. The molecule has 1 aliphatic heterocycles. The van der Waals surface area contributed by atoms with Gasteiger partial charge in [-0.25, -0.2) is 4.79 Å². The van der Waals surface area contributed by atoms with Gasteiger partial charge in [-0.2, -0.15) is 0 Å². The number of nitrogens with zero attached hydrogens (tertiary/aromatic N) is 2. The predicted molar refractivity (Wildman–Crippen MR) is 91.6 cm³/mol. The van der Waals surface area contributed by atoms with Crippen LogP contribution in [0.1, 0.15) is 26.2 Å². The number of pyridine rings is 1. The number of likely N-dealkylation sites (N-methyl/N-ethyl adjacent to an activating group) is 1. The van der Waals surface area contributed by atoms with Gasteiger partial charge in [0.15, 0.2) is 0 Å². The van der Waals surface area contributed by atoms with Gasteiger partial charge in [-0.1, -0.05) is 12.1 Å². The van der Waals surface area contributed by atoms with Crippen LogP contribution in [0.4, 0.5) is 10.5 Å². The van der Waals surface area contributed by atoms with Crippen LogP contribution in [0.15, 0.2) is 36.7 Å². The summed E-state index contributed by atoms with van der Waals surface area (Å²) in [6.07, 6.45) is 7.04. The molecule has 3 rings (SSSR count). The summed E-state index contributed by atoms with van der Waals surface area (Å²) in [6.45, 7) is 4.11. The van der Waals surface area contributed by atoms with E-state index in [1.807, 2.05) is 36.1 Å². The Balaban J connectivity index is 1.70. The molecular formula is C18H23N3O2. The first-order chi connectivity index (χ1) is 11.3. The average Bonchev–Trinajstić information content (AvgIpc) is 2.61. The average molecular weight is 313 g/mol. The number of carbonyl (C=O) groups excluding carboxylic acids is 1. The quantitative estimate of drug-likeness (QED) is 0.937. The topological polar surface area (TPSA) is 54.5 Å². The maximum absolute atomic E-state index is 12.6. The van der Waals surface area contributed by atoms with Gasteiger partial charge in [0.05, 0.1) is 11.8 Å². The molecule has 0 spiro atoms. The largest absolute Gasteiger partial charge is 0.376 e. The summed E-state index contributed by atoms with van der Waals surface area (Å²) in [5.74, 6) is 0. The van der Waals surface area contributed by atoms with Gasteiger partial charge in [0, 0.05) is 42.9 Å². The number of anilines is 1. The molecule has 0 aliphatic carbocycles. The monoisotopic (exact) mass is 313 g/mol. The summed E-state index contributed by atoms with van der Waals surface area (Å²) < 4.78 is 5.75. The van der Waals surface area contributed by atoms with Crippen LogP contribution in [-0.4, -0.2) is 41.7 Å². The maximum Gasteiger partial charge on any atom is 0.321 e. The predicted octanol–water partition coefficient (Wildman–Crippen LogP) is 3.66. The summed E-state index contributed by atoms with van der Waals surface area (Å²) in [7, 11) is 0. The Morgan fingerprint density at radius 3 is 3.09 bits per heavy atom. The molecule has 2 aromatic rings. The molecule has 1 N–H and O–H groups in total. The number of hydrogen-bond donors (Lipinski definition) is 1. The van der Waals surface area contributed by atoms with Crippen LogP contribution in [0.2, 0.25) is 0 Å². The Labute approximate surface area is 136 Å². The Morgan fingerprint density at radius 2 is 2.30 bits per heavy atom. The number of urea groups is 1. The van der Waals surface area contributed by atoms with Crippen molar-refractivity contribution in [3.63, 3.8) is 0 Å². The molecular weight excluding hydrogens is 290 g/mol. The zero-order valence-electron chi connectivity index (χ0n) is 13.5. The van der Waals surface area contributed by atoms with E-state index in [-0.39, 0.29) is 12.1 Å². The van der Waals surface area contributed by atoms with Crippen LogP contribution >= 0.6 is 0 Å². The van der Waals surface area contributed by atoms with E-state index in [4.69, 9.17) is 4.74 Å². The Hall–Kier alpha value is -2.14. The molecule has 1 saturated heterocycles. The normalized spacial score (nSPS) is 17.9. The first-order valence-corrected chi connectivity index (χ1v) is 8.28.